The maximum absolute atomic E-state index is 12.6. The zero-order valence-electron chi connectivity index (χ0n) is 13.3. The van der Waals surface area contributed by atoms with Crippen LogP contribution in [0.2, 0.25) is 0 Å². The summed E-state index contributed by atoms with van der Waals surface area (Å²) in [4.78, 5) is 14.9. The molecule has 0 spiro atoms. The first-order valence-electron chi connectivity index (χ1n) is 7.19. The molecule has 0 aliphatic heterocycles. The van der Waals surface area contributed by atoms with Gasteiger partial charge in [-0.2, -0.15) is 18.2 Å². The first kappa shape index (κ1) is 19.6. The topological polar surface area (TPSA) is 108 Å². The van der Waals surface area contributed by atoms with E-state index in [0.717, 1.165) is 12.1 Å². The SMILES string of the molecule is NC(=O)CSc1nnc(SCc2nc(-c3ccc(C(F)(F)F)cc3)no2)s1. The second-order valence-corrected chi connectivity index (χ2v) is 8.39. The molecule has 3 rings (SSSR count). The van der Waals surface area contributed by atoms with Crippen LogP contribution in [0.25, 0.3) is 11.4 Å². The number of rotatable bonds is 7. The van der Waals surface area contributed by atoms with Crippen LogP contribution in [0.15, 0.2) is 37.5 Å². The van der Waals surface area contributed by atoms with Crippen LogP contribution in [0.5, 0.6) is 0 Å². The first-order valence-corrected chi connectivity index (χ1v) is 9.97. The molecule has 0 unspecified atom stereocenters. The van der Waals surface area contributed by atoms with Crippen molar-refractivity contribution >= 4 is 40.8 Å². The lowest BCUT2D eigenvalue weighted by molar-refractivity contribution is -0.137. The summed E-state index contributed by atoms with van der Waals surface area (Å²) in [5.74, 6) is 0.513. The zero-order valence-corrected chi connectivity index (χ0v) is 15.7. The van der Waals surface area contributed by atoms with Gasteiger partial charge in [0.1, 0.15) is 0 Å². The number of halogens is 3. The molecule has 0 aliphatic rings. The Morgan fingerprint density at radius 1 is 1.15 bits per heavy atom. The predicted octanol–water partition coefficient (Wildman–Crippen LogP) is 3.48. The fourth-order valence-electron chi connectivity index (χ4n) is 1.81. The number of nitrogens with zero attached hydrogens (tertiary/aromatic N) is 4. The average Bonchev–Trinajstić information content (AvgIpc) is 3.27. The van der Waals surface area contributed by atoms with Crippen molar-refractivity contribution in [2.24, 2.45) is 5.73 Å². The molecular formula is C14H10F3N5O2S3. The molecule has 27 heavy (non-hydrogen) atoms. The lowest BCUT2D eigenvalue weighted by atomic mass is 10.1. The van der Waals surface area contributed by atoms with Crippen molar-refractivity contribution in [2.45, 2.75) is 20.6 Å². The number of carbonyl (C=O) groups excluding carboxylic acids is 1. The molecule has 0 saturated carbocycles. The Morgan fingerprint density at radius 3 is 2.44 bits per heavy atom. The Kier molecular flexibility index (Phi) is 6.01. The molecule has 1 amide bonds. The third-order valence-corrected chi connectivity index (χ3v) is 6.18. The van der Waals surface area contributed by atoms with Gasteiger partial charge in [0.15, 0.2) is 8.68 Å². The molecule has 2 aromatic heterocycles. The standard InChI is InChI=1S/C14H10F3N5O2S3/c15-14(16,17)8-3-1-7(2-4-8)11-19-10(24-22-11)6-26-13-21-20-12(27-13)25-5-9(18)23/h1-4H,5-6H2,(H2,18,23). The number of thioether (sulfide) groups is 2. The van der Waals surface area contributed by atoms with Crippen LogP contribution in [0.3, 0.4) is 0 Å². The van der Waals surface area contributed by atoms with Gasteiger partial charge in [0.25, 0.3) is 0 Å². The number of nitrogens with two attached hydrogens (primary N) is 1. The number of alkyl halides is 3. The van der Waals surface area contributed by atoms with Crippen LogP contribution in [0, 0.1) is 0 Å². The van der Waals surface area contributed by atoms with Crippen LogP contribution in [-0.4, -0.2) is 32.0 Å². The Bertz CT molecular complexity index is 927. The van der Waals surface area contributed by atoms with Crippen molar-refractivity contribution in [3.63, 3.8) is 0 Å². The summed E-state index contributed by atoms with van der Waals surface area (Å²) in [6.45, 7) is 0. The second kappa shape index (κ2) is 8.27. The number of hydrogen-bond donors (Lipinski definition) is 1. The second-order valence-electron chi connectivity index (χ2n) is 4.96. The Balaban J connectivity index is 1.59. The van der Waals surface area contributed by atoms with Gasteiger partial charge in [0, 0.05) is 5.56 Å². The van der Waals surface area contributed by atoms with E-state index in [1.807, 2.05) is 0 Å². The van der Waals surface area contributed by atoms with Crippen molar-refractivity contribution in [3.05, 3.63) is 35.7 Å². The highest BCUT2D eigenvalue weighted by Gasteiger charge is 2.30. The lowest BCUT2D eigenvalue weighted by Gasteiger charge is -2.05. The summed E-state index contributed by atoms with van der Waals surface area (Å²) < 4.78 is 44.1. The van der Waals surface area contributed by atoms with Gasteiger partial charge in [0.05, 0.1) is 17.1 Å². The highest BCUT2D eigenvalue weighted by molar-refractivity contribution is 8.03. The molecule has 0 saturated heterocycles. The number of carbonyl (C=O) groups is 1. The molecule has 142 valence electrons. The molecule has 1 aromatic carbocycles. The summed E-state index contributed by atoms with van der Waals surface area (Å²) in [7, 11) is 0. The van der Waals surface area contributed by atoms with Gasteiger partial charge in [-0.05, 0) is 12.1 Å². The Hall–Kier alpha value is -2.12. The van der Waals surface area contributed by atoms with E-state index in [1.165, 1.54) is 47.0 Å². The molecule has 13 heteroatoms. The molecule has 0 atom stereocenters. The van der Waals surface area contributed by atoms with Gasteiger partial charge in [0.2, 0.25) is 17.6 Å². The highest BCUT2D eigenvalue weighted by atomic mass is 32.2. The van der Waals surface area contributed by atoms with Crippen molar-refractivity contribution < 1.29 is 22.5 Å². The zero-order chi connectivity index (χ0) is 19.4. The van der Waals surface area contributed by atoms with Crippen LogP contribution >= 0.6 is 34.9 Å². The largest absolute Gasteiger partial charge is 0.416 e. The van der Waals surface area contributed by atoms with E-state index in [-0.39, 0.29) is 11.6 Å². The van der Waals surface area contributed by atoms with E-state index < -0.39 is 17.6 Å². The van der Waals surface area contributed by atoms with Crippen LogP contribution in [0.1, 0.15) is 11.5 Å². The Morgan fingerprint density at radius 2 is 1.81 bits per heavy atom. The predicted molar refractivity (Wildman–Crippen MR) is 94.1 cm³/mol. The van der Waals surface area contributed by atoms with Gasteiger partial charge >= 0.3 is 6.18 Å². The van der Waals surface area contributed by atoms with Crippen molar-refractivity contribution in [3.8, 4) is 11.4 Å². The maximum Gasteiger partial charge on any atom is 0.416 e. The fraction of sp³-hybridized carbons (Fsp3) is 0.214. The van der Waals surface area contributed by atoms with Crippen molar-refractivity contribution in [1.82, 2.24) is 20.3 Å². The third-order valence-electron chi connectivity index (χ3n) is 2.98. The minimum atomic E-state index is -4.39. The van der Waals surface area contributed by atoms with Crippen LogP contribution < -0.4 is 5.73 Å². The number of aromatic nitrogens is 4. The first-order chi connectivity index (χ1) is 12.8. The molecule has 7 nitrogen and oxygen atoms in total. The van der Waals surface area contributed by atoms with Crippen LogP contribution in [-0.2, 0) is 16.7 Å². The smallest absolute Gasteiger partial charge is 0.369 e. The molecule has 2 heterocycles. The normalized spacial score (nSPS) is 11.7. The van der Waals surface area contributed by atoms with E-state index in [2.05, 4.69) is 20.3 Å². The van der Waals surface area contributed by atoms with Gasteiger partial charge < -0.3 is 10.3 Å². The Labute approximate surface area is 162 Å². The van der Waals surface area contributed by atoms with Crippen molar-refractivity contribution in [2.75, 3.05) is 5.75 Å². The lowest BCUT2D eigenvalue weighted by Crippen LogP contribution is -2.12. The summed E-state index contributed by atoms with van der Waals surface area (Å²) in [6.07, 6.45) is -4.39. The monoisotopic (exact) mass is 433 g/mol. The number of amides is 1. The third kappa shape index (κ3) is 5.43. The maximum atomic E-state index is 12.6. The van der Waals surface area contributed by atoms with Gasteiger partial charge in [-0.15, -0.1) is 10.2 Å². The molecule has 0 aliphatic carbocycles. The number of hydrogen-bond acceptors (Lipinski definition) is 9. The van der Waals surface area contributed by atoms with E-state index in [1.54, 1.807) is 0 Å². The molecule has 0 bridgehead atoms. The number of primary amides is 1. The van der Waals surface area contributed by atoms with Crippen LogP contribution in [0.4, 0.5) is 13.2 Å². The van der Waals surface area contributed by atoms with E-state index in [9.17, 15) is 18.0 Å². The van der Waals surface area contributed by atoms with E-state index in [0.29, 0.717) is 25.9 Å². The van der Waals surface area contributed by atoms with Crippen molar-refractivity contribution in [1.29, 1.82) is 0 Å². The highest BCUT2D eigenvalue weighted by Crippen LogP contribution is 2.32. The molecular weight excluding hydrogens is 423 g/mol. The van der Waals surface area contributed by atoms with E-state index in [4.69, 9.17) is 10.3 Å². The minimum Gasteiger partial charge on any atom is -0.369 e. The summed E-state index contributed by atoms with van der Waals surface area (Å²) in [5.41, 5.74) is 4.75. The molecule has 0 radical (unpaired) electrons. The summed E-state index contributed by atoms with van der Waals surface area (Å²) in [6, 6.07) is 4.51. The van der Waals surface area contributed by atoms with E-state index >= 15 is 0 Å². The summed E-state index contributed by atoms with van der Waals surface area (Å²) in [5, 5.41) is 11.7. The quantitative estimate of drug-likeness (QED) is 0.564. The number of benzene rings is 1. The fourth-order valence-corrected chi connectivity index (χ4v) is 4.41. The average molecular weight is 433 g/mol. The van der Waals surface area contributed by atoms with Gasteiger partial charge in [-0.25, -0.2) is 0 Å². The molecule has 3 aromatic rings. The minimum absolute atomic E-state index is 0.124. The van der Waals surface area contributed by atoms with Gasteiger partial charge in [-0.1, -0.05) is 52.1 Å². The molecule has 0 fully saturated rings. The summed E-state index contributed by atoms with van der Waals surface area (Å²) >= 11 is 3.81. The van der Waals surface area contributed by atoms with Gasteiger partial charge in [-0.3, -0.25) is 4.79 Å². The molecule has 2 N–H and O–H groups in total.